The van der Waals surface area contributed by atoms with Gasteiger partial charge in [0.2, 0.25) is 10.0 Å². The topological polar surface area (TPSA) is 92.4 Å². The minimum Gasteiger partial charge on any atom is -0.393 e. The lowest BCUT2D eigenvalue weighted by molar-refractivity contribution is 0.0420. The Morgan fingerprint density at radius 1 is 1.47 bits per heavy atom. The van der Waals surface area contributed by atoms with Gasteiger partial charge in [-0.25, -0.2) is 13.6 Å². The zero-order valence-corrected chi connectivity index (χ0v) is 11.7. The van der Waals surface area contributed by atoms with E-state index in [9.17, 15) is 13.5 Å². The van der Waals surface area contributed by atoms with Gasteiger partial charge in [-0.2, -0.15) is 0 Å². The monoisotopic (exact) mass is 284 g/mol. The van der Waals surface area contributed by atoms with Gasteiger partial charge in [-0.15, -0.1) is 0 Å². The van der Waals surface area contributed by atoms with Crippen LogP contribution in [-0.4, -0.2) is 26.2 Å². The van der Waals surface area contributed by atoms with Crippen molar-refractivity contribution in [2.45, 2.75) is 36.8 Å². The molecule has 106 valence electrons. The van der Waals surface area contributed by atoms with E-state index in [0.29, 0.717) is 5.92 Å². The highest BCUT2D eigenvalue weighted by atomic mass is 32.2. The number of primary sulfonamides is 1. The molecule has 1 atom stereocenters. The van der Waals surface area contributed by atoms with Crippen LogP contribution in [0.25, 0.3) is 0 Å². The number of hydrogen-bond donors (Lipinski definition) is 3. The molecule has 0 bridgehead atoms. The molecule has 4 N–H and O–H groups in total. The molecule has 1 aromatic carbocycles. The van der Waals surface area contributed by atoms with Crippen molar-refractivity contribution in [3.05, 3.63) is 29.8 Å². The number of hydrogen-bond acceptors (Lipinski definition) is 4. The van der Waals surface area contributed by atoms with Gasteiger partial charge in [0.25, 0.3) is 0 Å². The average Bonchev–Trinajstić information content (AvgIpc) is 2.32. The molecule has 6 heteroatoms. The van der Waals surface area contributed by atoms with Crippen molar-refractivity contribution in [2.24, 2.45) is 11.1 Å². The molecule has 0 radical (unpaired) electrons. The van der Waals surface area contributed by atoms with Crippen molar-refractivity contribution < 1.29 is 13.5 Å². The molecule has 0 heterocycles. The predicted octanol–water partition coefficient (Wildman–Crippen LogP) is 0.756. The molecule has 0 spiro atoms. The summed E-state index contributed by atoms with van der Waals surface area (Å²) in [6.07, 6.45) is 1.54. The third kappa shape index (κ3) is 3.76. The van der Waals surface area contributed by atoms with Gasteiger partial charge in [0, 0.05) is 6.04 Å². The van der Waals surface area contributed by atoms with Crippen molar-refractivity contribution in [3.63, 3.8) is 0 Å². The van der Waals surface area contributed by atoms with E-state index in [-0.39, 0.29) is 17.0 Å². The second-order valence-electron chi connectivity index (χ2n) is 5.24. The van der Waals surface area contributed by atoms with Gasteiger partial charge in [0.15, 0.2) is 0 Å². The SMILES string of the molecule is CC(NCC1CC(O)C1)c1cccc(S(N)(=O)=O)c1. The first-order chi connectivity index (χ1) is 8.86. The summed E-state index contributed by atoms with van der Waals surface area (Å²) in [5.74, 6) is 0.513. The fourth-order valence-electron chi connectivity index (χ4n) is 2.29. The second kappa shape index (κ2) is 5.58. The van der Waals surface area contributed by atoms with E-state index in [1.54, 1.807) is 12.1 Å². The van der Waals surface area contributed by atoms with E-state index in [4.69, 9.17) is 5.14 Å². The van der Waals surface area contributed by atoms with E-state index in [1.165, 1.54) is 6.07 Å². The van der Waals surface area contributed by atoms with Crippen LogP contribution < -0.4 is 10.5 Å². The number of aliphatic hydroxyl groups is 1. The van der Waals surface area contributed by atoms with Crippen molar-refractivity contribution in [1.82, 2.24) is 5.32 Å². The first kappa shape index (κ1) is 14.5. The molecule has 0 amide bonds. The van der Waals surface area contributed by atoms with Gasteiger partial charge in [0.05, 0.1) is 11.0 Å². The summed E-state index contributed by atoms with van der Waals surface area (Å²) in [6, 6.07) is 6.72. The molecule has 19 heavy (non-hydrogen) atoms. The van der Waals surface area contributed by atoms with Crippen molar-refractivity contribution >= 4 is 10.0 Å². The Kier molecular flexibility index (Phi) is 4.25. The maximum atomic E-state index is 11.3. The van der Waals surface area contributed by atoms with Crippen LogP contribution in [-0.2, 0) is 10.0 Å². The zero-order valence-electron chi connectivity index (χ0n) is 10.9. The highest BCUT2D eigenvalue weighted by Gasteiger charge is 2.27. The van der Waals surface area contributed by atoms with Crippen molar-refractivity contribution in [1.29, 1.82) is 0 Å². The first-order valence-corrected chi connectivity index (χ1v) is 7.95. The van der Waals surface area contributed by atoms with E-state index in [1.807, 2.05) is 13.0 Å². The quantitative estimate of drug-likeness (QED) is 0.744. The molecular formula is C13H20N2O3S. The fourth-order valence-corrected chi connectivity index (χ4v) is 2.86. The molecule has 5 nitrogen and oxygen atoms in total. The largest absolute Gasteiger partial charge is 0.393 e. The molecule has 1 saturated carbocycles. The summed E-state index contributed by atoms with van der Waals surface area (Å²) in [7, 11) is -3.65. The average molecular weight is 284 g/mol. The lowest BCUT2D eigenvalue weighted by Crippen LogP contribution is -2.37. The Morgan fingerprint density at radius 2 is 2.16 bits per heavy atom. The van der Waals surface area contributed by atoms with Crippen LogP contribution in [0.5, 0.6) is 0 Å². The first-order valence-electron chi connectivity index (χ1n) is 6.40. The minimum atomic E-state index is -3.65. The van der Waals surface area contributed by atoms with Gasteiger partial charge in [-0.1, -0.05) is 12.1 Å². The third-order valence-corrected chi connectivity index (χ3v) is 4.52. The number of benzene rings is 1. The maximum Gasteiger partial charge on any atom is 0.238 e. The Morgan fingerprint density at radius 3 is 2.74 bits per heavy atom. The molecule has 2 rings (SSSR count). The van der Waals surface area contributed by atoms with Crippen LogP contribution in [0.1, 0.15) is 31.4 Å². The summed E-state index contributed by atoms with van der Waals surface area (Å²) < 4.78 is 22.6. The Balaban J connectivity index is 1.97. The van der Waals surface area contributed by atoms with Gasteiger partial charge in [0.1, 0.15) is 0 Å². The second-order valence-corrected chi connectivity index (χ2v) is 6.80. The number of aliphatic hydroxyl groups excluding tert-OH is 1. The zero-order chi connectivity index (χ0) is 14.0. The van der Waals surface area contributed by atoms with Crippen molar-refractivity contribution in [3.8, 4) is 0 Å². The molecule has 0 aliphatic heterocycles. The molecule has 1 aliphatic rings. The van der Waals surface area contributed by atoms with E-state index < -0.39 is 10.0 Å². The van der Waals surface area contributed by atoms with Crippen molar-refractivity contribution in [2.75, 3.05) is 6.54 Å². The standard InChI is InChI=1S/C13H20N2O3S/c1-9(15-8-10-5-12(16)6-10)11-3-2-4-13(7-11)19(14,17)18/h2-4,7,9-10,12,15-16H,5-6,8H2,1H3,(H2,14,17,18). The van der Waals surface area contributed by atoms with Crippen LogP contribution in [0.3, 0.4) is 0 Å². The minimum absolute atomic E-state index is 0.0550. The van der Waals surface area contributed by atoms with Crippen LogP contribution in [0.2, 0.25) is 0 Å². The number of nitrogens with two attached hydrogens (primary N) is 1. The number of nitrogens with one attached hydrogen (secondary N) is 1. The van der Waals surface area contributed by atoms with Gasteiger partial charge >= 0.3 is 0 Å². The van der Waals surface area contributed by atoms with Gasteiger partial charge < -0.3 is 10.4 Å². The normalized spacial score (nSPS) is 24.8. The summed E-state index contributed by atoms with van der Waals surface area (Å²) in [5.41, 5.74) is 0.895. The van der Waals surface area contributed by atoms with Crippen LogP contribution in [0.4, 0.5) is 0 Å². The van der Waals surface area contributed by atoms with Gasteiger partial charge in [-0.3, -0.25) is 0 Å². The molecule has 1 aliphatic carbocycles. The van der Waals surface area contributed by atoms with Crippen LogP contribution in [0.15, 0.2) is 29.2 Å². The summed E-state index contributed by atoms with van der Waals surface area (Å²) >= 11 is 0. The van der Waals surface area contributed by atoms with Gasteiger partial charge in [-0.05, 0) is 49.9 Å². The highest BCUT2D eigenvalue weighted by Crippen LogP contribution is 2.27. The maximum absolute atomic E-state index is 11.3. The van der Waals surface area contributed by atoms with E-state index >= 15 is 0 Å². The molecular weight excluding hydrogens is 264 g/mol. The molecule has 1 unspecified atom stereocenters. The Hall–Kier alpha value is -0.950. The molecule has 0 saturated heterocycles. The Labute approximate surface area is 113 Å². The predicted molar refractivity (Wildman–Crippen MR) is 73.0 cm³/mol. The lowest BCUT2D eigenvalue weighted by Gasteiger charge is -2.32. The van der Waals surface area contributed by atoms with Crippen LogP contribution in [0, 0.1) is 5.92 Å². The molecule has 1 aromatic rings. The highest BCUT2D eigenvalue weighted by molar-refractivity contribution is 7.89. The fraction of sp³-hybridized carbons (Fsp3) is 0.538. The number of sulfonamides is 1. The van der Waals surface area contributed by atoms with Crippen LogP contribution >= 0.6 is 0 Å². The summed E-state index contributed by atoms with van der Waals surface area (Å²) in [4.78, 5) is 0.137. The Bertz CT molecular complexity index is 539. The smallest absolute Gasteiger partial charge is 0.238 e. The lowest BCUT2D eigenvalue weighted by atomic mass is 9.82. The third-order valence-electron chi connectivity index (χ3n) is 3.61. The van der Waals surface area contributed by atoms with E-state index in [2.05, 4.69) is 5.32 Å². The molecule has 1 fully saturated rings. The summed E-state index contributed by atoms with van der Waals surface area (Å²) in [6.45, 7) is 2.81. The summed E-state index contributed by atoms with van der Waals surface area (Å²) in [5, 5.41) is 17.7. The van der Waals surface area contributed by atoms with E-state index in [0.717, 1.165) is 24.9 Å². The molecule has 0 aromatic heterocycles. The number of rotatable bonds is 5.